The summed E-state index contributed by atoms with van der Waals surface area (Å²) in [5.74, 6) is -1.47. The summed E-state index contributed by atoms with van der Waals surface area (Å²) in [6.45, 7) is 0.757. The van der Waals surface area contributed by atoms with Gasteiger partial charge in [0, 0.05) is 19.4 Å². The lowest BCUT2D eigenvalue weighted by atomic mass is 9.81. The van der Waals surface area contributed by atoms with Crippen LogP contribution >= 0.6 is 24.8 Å². The fraction of sp³-hybridized carbons (Fsp3) is 0.696. The van der Waals surface area contributed by atoms with Crippen molar-refractivity contribution in [1.82, 2.24) is 24.8 Å². The average molecular weight is 517 g/mol. The SMILES string of the molecule is Cl.Cl.N[C@H](c1cn2ncc([C@@H](C3CC3)N3C[C@@H](C4CC4)NC3=O)cc2n1)C1CCC(F)(F)CC1. The molecule has 0 unspecified atom stereocenters. The van der Waals surface area contributed by atoms with E-state index in [1.165, 1.54) is 12.8 Å². The summed E-state index contributed by atoms with van der Waals surface area (Å²) in [6.07, 6.45) is 8.91. The molecule has 0 radical (unpaired) electrons. The number of hydrogen-bond acceptors (Lipinski definition) is 4. The monoisotopic (exact) mass is 516 g/mol. The first-order valence-electron chi connectivity index (χ1n) is 11.9. The standard InChI is InChI=1S/C23H30F2N6O.2ClH/c24-23(25)7-5-14(6-8-23)20(26)18-12-31-19(28-18)9-16(10-27-31)21(15-3-4-15)30-11-17(13-1-2-13)29-22(30)32;;/h9-10,12-15,17,20-21H,1-8,11,26H2,(H,29,32);2*1H/t17-,20-,21+;;/m0../s1. The summed E-state index contributed by atoms with van der Waals surface area (Å²) in [7, 11) is 0. The lowest BCUT2D eigenvalue weighted by Gasteiger charge is -2.31. The topological polar surface area (TPSA) is 88.5 Å². The highest BCUT2D eigenvalue weighted by Crippen LogP contribution is 2.47. The predicted molar refractivity (Wildman–Crippen MR) is 129 cm³/mol. The first-order chi connectivity index (χ1) is 15.4. The summed E-state index contributed by atoms with van der Waals surface area (Å²) in [5, 5.41) is 7.74. The van der Waals surface area contributed by atoms with Gasteiger partial charge >= 0.3 is 6.03 Å². The van der Waals surface area contributed by atoms with Gasteiger partial charge in [-0.05, 0) is 67.9 Å². The number of fused-ring (bicyclic) bond motifs is 1. The second-order valence-corrected chi connectivity index (χ2v) is 10.3. The maximum Gasteiger partial charge on any atom is 0.318 e. The molecule has 3 heterocycles. The summed E-state index contributed by atoms with van der Waals surface area (Å²) >= 11 is 0. The van der Waals surface area contributed by atoms with E-state index in [4.69, 9.17) is 10.7 Å². The van der Waals surface area contributed by atoms with Gasteiger partial charge in [-0.1, -0.05) is 0 Å². The summed E-state index contributed by atoms with van der Waals surface area (Å²) in [6, 6.07) is 1.95. The van der Waals surface area contributed by atoms with Crippen LogP contribution in [-0.2, 0) is 0 Å². The third kappa shape index (κ3) is 4.84. The molecule has 3 N–H and O–H groups in total. The van der Waals surface area contributed by atoms with E-state index < -0.39 is 5.92 Å². The van der Waals surface area contributed by atoms with Gasteiger partial charge in [0.1, 0.15) is 0 Å². The number of imidazole rings is 1. The van der Waals surface area contributed by atoms with Crippen LogP contribution in [0.2, 0.25) is 0 Å². The van der Waals surface area contributed by atoms with Crippen molar-refractivity contribution < 1.29 is 13.6 Å². The van der Waals surface area contributed by atoms with Crippen molar-refractivity contribution in [3.05, 3.63) is 29.7 Å². The third-order valence-corrected chi connectivity index (χ3v) is 7.87. The number of nitrogens with one attached hydrogen (secondary N) is 1. The Labute approximate surface area is 210 Å². The van der Waals surface area contributed by atoms with Crippen LogP contribution in [0.25, 0.3) is 5.65 Å². The van der Waals surface area contributed by atoms with Gasteiger partial charge in [-0.3, -0.25) is 0 Å². The van der Waals surface area contributed by atoms with Crippen molar-refractivity contribution in [2.45, 2.75) is 75.4 Å². The molecule has 2 amide bonds. The fourth-order valence-corrected chi connectivity index (χ4v) is 5.60. The van der Waals surface area contributed by atoms with Gasteiger partial charge in [-0.25, -0.2) is 23.1 Å². The van der Waals surface area contributed by atoms with Crippen molar-refractivity contribution in [2.75, 3.05) is 6.54 Å². The Morgan fingerprint density at radius 2 is 1.79 bits per heavy atom. The molecule has 0 spiro atoms. The summed E-state index contributed by atoms with van der Waals surface area (Å²) in [5.41, 5.74) is 8.83. The van der Waals surface area contributed by atoms with E-state index in [2.05, 4.69) is 10.4 Å². The second-order valence-electron chi connectivity index (χ2n) is 10.3. The fourth-order valence-electron chi connectivity index (χ4n) is 5.60. The van der Waals surface area contributed by atoms with Crippen molar-refractivity contribution >= 4 is 36.5 Å². The Morgan fingerprint density at radius 1 is 1.09 bits per heavy atom. The van der Waals surface area contributed by atoms with Crippen molar-refractivity contribution in [3.63, 3.8) is 0 Å². The first kappa shape index (κ1) is 25.4. The van der Waals surface area contributed by atoms with Crippen LogP contribution in [0.15, 0.2) is 18.5 Å². The minimum absolute atomic E-state index is 0. The highest BCUT2D eigenvalue weighted by molar-refractivity contribution is 5.85. The zero-order chi connectivity index (χ0) is 22.0. The summed E-state index contributed by atoms with van der Waals surface area (Å²) < 4.78 is 28.8. The minimum atomic E-state index is -2.57. The number of hydrogen-bond donors (Lipinski definition) is 2. The molecule has 34 heavy (non-hydrogen) atoms. The first-order valence-corrected chi connectivity index (χ1v) is 11.9. The molecule has 3 atom stereocenters. The van der Waals surface area contributed by atoms with Crippen LogP contribution in [0, 0.1) is 17.8 Å². The van der Waals surface area contributed by atoms with Crippen LogP contribution in [-0.4, -0.2) is 44.0 Å². The molecule has 1 saturated heterocycles. The molecule has 7 nitrogen and oxygen atoms in total. The van der Waals surface area contributed by atoms with Crippen LogP contribution in [0.4, 0.5) is 13.6 Å². The van der Waals surface area contributed by atoms with Crippen molar-refractivity contribution in [3.8, 4) is 0 Å². The van der Waals surface area contributed by atoms with Gasteiger partial charge in [0.05, 0.1) is 36.2 Å². The Bertz CT molecular complexity index is 1030. The van der Waals surface area contributed by atoms with E-state index >= 15 is 0 Å². The van der Waals surface area contributed by atoms with E-state index in [0.717, 1.165) is 24.9 Å². The number of nitrogens with zero attached hydrogens (tertiary/aromatic N) is 4. The van der Waals surface area contributed by atoms with Crippen LogP contribution in [0.5, 0.6) is 0 Å². The number of urea groups is 1. The van der Waals surface area contributed by atoms with Crippen LogP contribution in [0.3, 0.4) is 0 Å². The number of carbonyl (C=O) groups excluding carboxylic acids is 1. The maximum absolute atomic E-state index is 13.5. The number of aromatic nitrogens is 3. The molecule has 0 aromatic carbocycles. The Morgan fingerprint density at radius 3 is 2.44 bits per heavy atom. The number of rotatable bonds is 6. The second kappa shape index (κ2) is 9.39. The number of amides is 2. The Balaban J connectivity index is 0.00000137. The van der Waals surface area contributed by atoms with Crippen LogP contribution in [0.1, 0.15) is 74.7 Å². The molecule has 4 fully saturated rings. The van der Waals surface area contributed by atoms with Gasteiger partial charge in [0.2, 0.25) is 5.92 Å². The molecular weight excluding hydrogens is 485 g/mol. The van der Waals surface area contributed by atoms with Crippen LogP contribution < -0.4 is 11.1 Å². The third-order valence-electron chi connectivity index (χ3n) is 7.87. The van der Waals surface area contributed by atoms with Gasteiger partial charge in [-0.15, -0.1) is 24.8 Å². The van der Waals surface area contributed by atoms with Gasteiger partial charge in [0.15, 0.2) is 5.65 Å². The van der Waals surface area contributed by atoms with E-state index in [0.29, 0.717) is 36.0 Å². The number of nitrogens with two attached hydrogens (primary N) is 1. The highest BCUT2D eigenvalue weighted by atomic mass is 35.5. The predicted octanol–water partition coefficient (Wildman–Crippen LogP) is 4.65. The Hall–Kier alpha value is -1.71. The maximum atomic E-state index is 13.5. The van der Waals surface area contributed by atoms with Gasteiger partial charge < -0.3 is 16.0 Å². The molecule has 3 saturated carbocycles. The molecule has 4 aliphatic rings. The molecule has 1 aliphatic heterocycles. The molecule has 2 aromatic rings. The number of carbonyl (C=O) groups is 1. The quantitative estimate of drug-likeness (QED) is 0.584. The molecule has 0 bridgehead atoms. The van der Waals surface area contributed by atoms with E-state index in [1.807, 2.05) is 23.4 Å². The lowest BCUT2D eigenvalue weighted by Crippen LogP contribution is -2.33. The van der Waals surface area contributed by atoms with Gasteiger partial charge in [-0.2, -0.15) is 5.10 Å². The summed E-state index contributed by atoms with van der Waals surface area (Å²) in [4.78, 5) is 19.5. The number of alkyl halides is 2. The van der Waals surface area contributed by atoms with Crippen molar-refractivity contribution in [1.29, 1.82) is 0 Å². The molecule has 11 heteroatoms. The highest BCUT2D eigenvalue weighted by Gasteiger charge is 2.46. The van der Waals surface area contributed by atoms with E-state index in [-0.39, 0.29) is 67.7 Å². The molecule has 2 aromatic heterocycles. The Kier molecular flexibility index (Phi) is 7.01. The van der Waals surface area contributed by atoms with E-state index in [9.17, 15) is 13.6 Å². The lowest BCUT2D eigenvalue weighted by molar-refractivity contribution is -0.0484. The normalized spacial score (nSPS) is 26.5. The van der Waals surface area contributed by atoms with E-state index in [1.54, 1.807) is 4.52 Å². The average Bonchev–Trinajstić information content (AvgIpc) is 3.69. The smallest absolute Gasteiger partial charge is 0.318 e. The zero-order valence-corrected chi connectivity index (χ0v) is 20.5. The largest absolute Gasteiger partial charge is 0.333 e. The molecule has 3 aliphatic carbocycles. The zero-order valence-electron chi connectivity index (χ0n) is 18.9. The molecule has 6 rings (SSSR count). The van der Waals surface area contributed by atoms with Crippen molar-refractivity contribution in [2.24, 2.45) is 23.5 Å². The number of halogens is 4. The molecular formula is C23H32Cl2F2N6O. The molecule has 188 valence electrons. The van der Waals surface area contributed by atoms with Gasteiger partial charge in [0.25, 0.3) is 0 Å². The minimum Gasteiger partial charge on any atom is -0.333 e.